The summed E-state index contributed by atoms with van der Waals surface area (Å²) >= 11 is 0. The third-order valence-corrected chi connectivity index (χ3v) is 7.83. The number of carbonyl (C=O) groups excluding carboxylic acids is 1. The molecule has 5 rings (SSSR count). The number of nitrogens with zero attached hydrogens (tertiary/aromatic N) is 2. The van der Waals surface area contributed by atoms with E-state index in [9.17, 15) is 14.7 Å². The Bertz CT molecular complexity index is 1960. The lowest BCUT2D eigenvalue weighted by Crippen LogP contribution is -2.26. The summed E-state index contributed by atoms with van der Waals surface area (Å²) in [5.74, 6) is 2.15. The topological polar surface area (TPSA) is 122 Å². The number of fused-ring (bicyclic) bond motifs is 3. The molecule has 0 aliphatic rings. The van der Waals surface area contributed by atoms with E-state index in [2.05, 4.69) is 0 Å². The fourth-order valence-corrected chi connectivity index (χ4v) is 5.65. The van der Waals surface area contributed by atoms with Gasteiger partial charge >= 0.3 is 5.63 Å². The molecule has 1 amide bonds. The minimum atomic E-state index is -0.619. The van der Waals surface area contributed by atoms with E-state index in [1.165, 1.54) is 26.2 Å². The molecular weight excluding hydrogens is 580 g/mol. The van der Waals surface area contributed by atoms with E-state index in [1.54, 1.807) is 63.2 Å². The summed E-state index contributed by atoms with van der Waals surface area (Å²) < 4.78 is 35.0. The van der Waals surface area contributed by atoms with Crippen LogP contribution in [0.1, 0.15) is 21.6 Å². The van der Waals surface area contributed by atoms with E-state index in [1.807, 2.05) is 18.2 Å². The standard InChI is InChI=1S/C34H36N2O9/c1-35(2)33(38)31-29(20-9-11-23(40-3)21(15-20)18-37)30-22-16-27(43-6)28(44-7)17-25(22)45-34(39)32(30)36(31)13-12-19-8-10-24(41-4)26(14-19)42-5/h8-11,14-17,37H,12-13,18H2,1-7H3. The molecule has 0 radical (unpaired) electrons. The molecule has 0 aliphatic carbocycles. The van der Waals surface area contributed by atoms with Crippen LogP contribution in [0.25, 0.3) is 33.0 Å². The second kappa shape index (κ2) is 12.8. The minimum Gasteiger partial charge on any atom is -0.496 e. The van der Waals surface area contributed by atoms with Gasteiger partial charge in [0.1, 0.15) is 22.5 Å². The zero-order valence-corrected chi connectivity index (χ0v) is 26.3. The zero-order chi connectivity index (χ0) is 32.4. The molecule has 236 valence electrons. The lowest BCUT2D eigenvalue weighted by molar-refractivity contribution is 0.0818. The van der Waals surface area contributed by atoms with Gasteiger partial charge in [-0.25, -0.2) is 4.79 Å². The molecule has 0 saturated carbocycles. The molecule has 5 aromatic rings. The van der Waals surface area contributed by atoms with Crippen molar-refractivity contribution in [3.05, 3.63) is 75.8 Å². The number of aliphatic hydroxyl groups excluding tert-OH is 1. The number of ether oxygens (including phenoxy) is 5. The molecule has 0 saturated heterocycles. The highest BCUT2D eigenvalue weighted by atomic mass is 16.5. The smallest absolute Gasteiger partial charge is 0.361 e. The van der Waals surface area contributed by atoms with Crippen LogP contribution in [0.5, 0.6) is 28.7 Å². The monoisotopic (exact) mass is 616 g/mol. The summed E-state index contributed by atoms with van der Waals surface area (Å²) in [4.78, 5) is 29.5. The Morgan fingerprint density at radius 1 is 0.822 bits per heavy atom. The van der Waals surface area contributed by atoms with E-state index in [0.29, 0.717) is 68.3 Å². The number of aryl methyl sites for hydroxylation is 2. The molecule has 0 fully saturated rings. The van der Waals surface area contributed by atoms with Gasteiger partial charge < -0.3 is 42.7 Å². The van der Waals surface area contributed by atoms with Gasteiger partial charge in [0, 0.05) is 48.6 Å². The van der Waals surface area contributed by atoms with Crippen LogP contribution in [0.2, 0.25) is 0 Å². The molecule has 45 heavy (non-hydrogen) atoms. The van der Waals surface area contributed by atoms with E-state index >= 15 is 0 Å². The van der Waals surface area contributed by atoms with Crippen molar-refractivity contribution in [1.82, 2.24) is 9.47 Å². The number of methoxy groups -OCH3 is 5. The number of benzene rings is 3. The van der Waals surface area contributed by atoms with Crippen molar-refractivity contribution in [2.45, 2.75) is 19.6 Å². The normalized spacial score (nSPS) is 11.1. The van der Waals surface area contributed by atoms with Gasteiger partial charge in [0.15, 0.2) is 23.0 Å². The number of hydrogen-bond acceptors (Lipinski definition) is 9. The van der Waals surface area contributed by atoms with Gasteiger partial charge in [0.05, 0.1) is 42.2 Å². The molecule has 0 unspecified atom stereocenters. The predicted octanol–water partition coefficient (Wildman–Crippen LogP) is 4.89. The van der Waals surface area contributed by atoms with Crippen LogP contribution in [-0.4, -0.2) is 70.1 Å². The predicted molar refractivity (Wildman–Crippen MR) is 170 cm³/mol. The van der Waals surface area contributed by atoms with Gasteiger partial charge in [0.2, 0.25) is 0 Å². The maximum atomic E-state index is 14.1. The molecule has 11 nitrogen and oxygen atoms in total. The molecule has 3 aromatic carbocycles. The zero-order valence-electron chi connectivity index (χ0n) is 26.3. The SMILES string of the molecule is COc1ccc(-c2c(C(=O)N(C)C)n(CCc3ccc(OC)c(OC)c3)c3c(=O)oc4cc(OC)c(OC)cc4c23)cc1CO. The van der Waals surface area contributed by atoms with Crippen LogP contribution in [-0.2, 0) is 19.6 Å². The summed E-state index contributed by atoms with van der Waals surface area (Å²) in [6, 6.07) is 14.2. The second-order valence-corrected chi connectivity index (χ2v) is 10.5. The van der Waals surface area contributed by atoms with Crippen molar-refractivity contribution in [3.63, 3.8) is 0 Å². The number of aliphatic hydroxyl groups is 1. The van der Waals surface area contributed by atoms with E-state index in [0.717, 1.165) is 5.56 Å². The number of hydrogen-bond donors (Lipinski definition) is 1. The molecule has 2 heterocycles. The summed E-state index contributed by atoms with van der Waals surface area (Å²) in [6.07, 6.45) is 0.450. The Labute approximate surface area is 260 Å². The molecule has 11 heteroatoms. The Hall–Kier alpha value is -5.16. The van der Waals surface area contributed by atoms with Crippen LogP contribution in [0, 0.1) is 0 Å². The van der Waals surface area contributed by atoms with Gasteiger partial charge in [-0.2, -0.15) is 0 Å². The fraction of sp³-hybridized carbons (Fsp3) is 0.294. The van der Waals surface area contributed by atoms with Crippen LogP contribution in [0.4, 0.5) is 0 Å². The van der Waals surface area contributed by atoms with Crippen molar-refractivity contribution < 1.29 is 38.0 Å². The molecule has 0 bridgehead atoms. The second-order valence-electron chi connectivity index (χ2n) is 10.5. The van der Waals surface area contributed by atoms with Crippen LogP contribution in [0.15, 0.2) is 57.7 Å². The maximum absolute atomic E-state index is 14.1. The van der Waals surface area contributed by atoms with Crippen molar-refractivity contribution in [1.29, 1.82) is 0 Å². The van der Waals surface area contributed by atoms with Crippen molar-refractivity contribution in [3.8, 4) is 39.9 Å². The van der Waals surface area contributed by atoms with Crippen molar-refractivity contribution >= 4 is 27.8 Å². The van der Waals surface area contributed by atoms with Crippen molar-refractivity contribution in [2.24, 2.45) is 0 Å². The van der Waals surface area contributed by atoms with E-state index in [-0.39, 0.29) is 30.2 Å². The molecule has 0 spiro atoms. The summed E-state index contributed by atoms with van der Waals surface area (Å²) in [5.41, 5.74) is 2.71. The Balaban J connectivity index is 1.89. The highest BCUT2D eigenvalue weighted by Crippen LogP contribution is 2.43. The van der Waals surface area contributed by atoms with Gasteiger partial charge in [0.25, 0.3) is 5.91 Å². The van der Waals surface area contributed by atoms with E-state index in [4.69, 9.17) is 28.1 Å². The molecule has 0 aliphatic heterocycles. The lowest BCUT2D eigenvalue weighted by Gasteiger charge is -2.17. The average Bonchev–Trinajstić information content (AvgIpc) is 3.41. The fourth-order valence-electron chi connectivity index (χ4n) is 5.65. The highest BCUT2D eigenvalue weighted by molar-refractivity contribution is 6.18. The largest absolute Gasteiger partial charge is 0.496 e. The average molecular weight is 617 g/mol. The third-order valence-electron chi connectivity index (χ3n) is 7.83. The van der Waals surface area contributed by atoms with Gasteiger partial charge in [-0.05, 0) is 47.9 Å². The quantitative estimate of drug-likeness (QED) is 0.207. The maximum Gasteiger partial charge on any atom is 0.361 e. The first-order valence-corrected chi connectivity index (χ1v) is 14.2. The number of aromatic nitrogens is 1. The molecule has 1 N–H and O–H groups in total. The number of rotatable bonds is 11. The summed E-state index contributed by atoms with van der Waals surface area (Å²) in [5, 5.41) is 11.2. The molecular formula is C34H36N2O9. The summed E-state index contributed by atoms with van der Waals surface area (Å²) in [6.45, 7) is -0.0344. The summed E-state index contributed by atoms with van der Waals surface area (Å²) in [7, 11) is 11.0. The Kier molecular flexibility index (Phi) is 8.92. The van der Waals surface area contributed by atoms with Gasteiger partial charge in [-0.1, -0.05) is 12.1 Å². The van der Waals surface area contributed by atoms with Crippen LogP contribution < -0.4 is 29.3 Å². The minimum absolute atomic E-state index is 0.219. The first-order chi connectivity index (χ1) is 21.7. The van der Waals surface area contributed by atoms with Gasteiger partial charge in [-0.3, -0.25) is 4.79 Å². The van der Waals surface area contributed by atoms with Crippen LogP contribution >= 0.6 is 0 Å². The van der Waals surface area contributed by atoms with E-state index < -0.39 is 5.63 Å². The Morgan fingerprint density at radius 2 is 1.44 bits per heavy atom. The van der Waals surface area contributed by atoms with Gasteiger partial charge in [-0.15, -0.1) is 0 Å². The lowest BCUT2D eigenvalue weighted by atomic mass is 9.97. The first kappa shape index (κ1) is 31.3. The Morgan fingerprint density at radius 3 is 2.07 bits per heavy atom. The number of carbonyl (C=O) groups is 1. The van der Waals surface area contributed by atoms with Crippen molar-refractivity contribution in [2.75, 3.05) is 49.6 Å². The van der Waals surface area contributed by atoms with Crippen LogP contribution in [0.3, 0.4) is 0 Å². The number of amides is 1. The molecule has 0 atom stereocenters. The molecule has 2 aromatic heterocycles. The third kappa shape index (κ3) is 5.51. The highest BCUT2D eigenvalue weighted by Gasteiger charge is 2.30. The first-order valence-electron chi connectivity index (χ1n) is 14.2.